The Labute approximate surface area is 176 Å². The highest BCUT2D eigenvalue weighted by atomic mass is 35.5. The zero-order valence-corrected chi connectivity index (χ0v) is 17.3. The van der Waals surface area contributed by atoms with Crippen LogP contribution in [0.15, 0.2) is 24.8 Å². The number of carbonyl (C=O) groups excluding carboxylic acids is 2. The van der Waals surface area contributed by atoms with E-state index in [0.29, 0.717) is 18.3 Å². The largest absolute Gasteiger partial charge is 0.352 e. The highest BCUT2D eigenvalue weighted by Gasteiger charge is 2.34. The lowest BCUT2D eigenvalue weighted by Gasteiger charge is -2.16. The summed E-state index contributed by atoms with van der Waals surface area (Å²) in [5.74, 6) is -0.155. The molecule has 2 aromatic heterocycles. The fourth-order valence-corrected chi connectivity index (χ4v) is 4.18. The van der Waals surface area contributed by atoms with Crippen molar-refractivity contribution in [2.24, 2.45) is 13.0 Å². The summed E-state index contributed by atoms with van der Waals surface area (Å²) in [7, 11) is 1.87. The predicted octanol–water partition coefficient (Wildman–Crippen LogP) is 1.04. The summed E-state index contributed by atoms with van der Waals surface area (Å²) in [6.45, 7) is 1.55. The van der Waals surface area contributed by atoms with Crippen LogP contribution in [0.25, 0.3) is 0 Å². The molecule has 1 aliphatic heterocycles. The van der Waals surface area contributed by atoms with Gasteiger partial charge in [0.05, 0.1) is 24.0 Å². The number of carbonyl (C=O) groups is 2. The van der Waals surface area contributed by atoms with Gasteiger partial charge in [0, 0.05) is 44.5 Å². The number of hydrogen-bond donors (Lipinski definition) is 3. The average Bonchev–Trinajstić information content (AvgIpc) is 3.41. The molecule has 1 saturated heterocycles. The van der Waals surface area contributed by atoms with Crippen molar-refractivity contribution in [2.75, 3.05) is 18.4 Å². The fourth-order valence-electron chi connectivity index (χ4n) is 4.18. The van der Waals surface area contributed by atoms with Crippen LogP contribution in [0.2, 0.25) is 0 Å². The van der Waals surface area contributed by atoms with Crippen molar-refractivity contribution >= 4 is 29.9 Å². The average molecular weight is 422 g/mol. The Morgan fingerprint density at radius 2 is 1.97 bits per heavy atom. The van der Waals surface area contributed by atoms with Crippen LogP contribution in [-0.2, 0) is 23.2 Å². The molecule has 0 unspecified atom stereocenters. The Morgan fingerprint density at radius 1 is 1.17 bits per heavy atom. The van der Waals surface area contributed by atoms with Gasteiger partial charge in [-0.05, 0) is 18.4 Å². The second kappa shape index (κ2) is 9.41. The molecule has 1 aliphatic carbocycles. The van der Waals surface area contributed by atoms with Gasteiger partial charge in [-0.25, -0.2) is 0 Å². The summed E-state index contributed by atoms with van der Waals surface area (Å²) in [5, 5.41) is 17.7. The SMILES string of the molecule is Cl.Cn1cc([C@H]2CNC[C@@H]2C(=O)Nc2cnn(CC(=O)NC3CCCC3)c2)cn1. The highest BCUT2D eigenvalue weighted by molar-refractivity contribution is 5.93. The van der Waals surface area contributed by atoms with Crippen LogP contribution in [-0.4, -0.2) is 50.5 Å². The minimum Gasteiger partial charge on any atom is -0.352 e. The number of nitrogens with one attached hydrogen (secondary N) is 3. The minimum atomic E-state index is -0.168. The third-order valence-corrected chi connectivity index (χ3v) is 5.63. The second-order valence-electron chi connectivity index (χ2n) is 7.78. The molecule has 0 radical (unpaired) electrons. The van der Waals surface area contributed by atoms with Crippen LogP contribution >= 0.6 is 12.4 Å². The van der Waals surface area contributed by atoms with Gasteiger partial charge in [-0.15, -0.1) is 12.4 Å². The zero-order chi connectivity index (χ0) is 19.5. The molecule has 3 N–H and O–H groups in total. The molecule has 0 aromatic carbocycles. The number of halogens is 1. The van der Waals surface area contributed by atoms with E-state index in [9.17, 15) is 9.59 Å². The number of nitrogens with zero attached hydrogens (tertiary/aromatic N) is 4. The summed E-state index contributed by atoms with van der Waals surface area (Å²) in [6, 6.07) is 0.293. The van der Waals surface area contributed by atoms with E-state index in [2.05, 4.69) is 26.1 Å². The highest BCUT2D eigenvalue weighted by Crippen LogP contribution is 2.28. The molecule has 0 spiro atoms. The molecule has 10 heteroatoms. The Morgan fingerprint density at radius 3 is 2.69 bits per heavy atom. The van der Waals surface area contributed by atoms with Crippen LogP contribution < -0.4 is 16.0 Å². The van der Waals surface area contributed by atoms with E-state index in [1.807, 2.05) is 19.4 Å². The molecule has 2 atom stereocenters. The summed E-state index contributed by atoms with van der Waals surface area (Å²) < 4.78 is 3.31. The van der Waals surface area contributed by atoms with Crippen molar-refractivity contribution in [1.82, 2.24) is 30.2 Å². The first-order valence-corrected chi connectivity index (χ1v) is 9.90. The van der Waals surface area contributed by atoms with Gasteiger partial charge in [0.15, 0.2) is 0 Å². The first-order chi connectivity index (χ1) is 13.6. The molecule has 9 nitrogen and oxygen atoms in total. The predicted molar refractivity (Wildman–Crippen MR) is 111 cm³/mol. The third kappa shape index (κ3) is 5.16. The van der Waals surface area contributed by atoms with Gasteiger partial charge < -0.3 is 16.0 Å². The Bertz CT molecular complexity index is 843. The summed E-state index contributed by atoms with van der Waals surface area (Å²) >= 11 is 0. The number of anilines is 1. The van der Waals surface area contributed by atoms with E-state index < -0.39 is 0 Å². The standard InChI is InChI=1S/C19H27N7O2.ClH/c1-25-10-13(6-21-25)16-8-20-9-17(16)19(28)24-15-7-22-26(11-15)12-18(27)23-14-4-2-3-5-14;/h6-7,10-11,14,16-17,20H,2-5,8-9,12H2,1H3,(H,23,27)(H,24,28);1H/t16-,17+;/m1./s1. The van der Waals surface area contributed by atoms with Crippen LogP contribution in [0.4, 0.5) is 5.69 Å². The fraction of sp³-hybridized carbons (Fsp3) is 0.579. The molecule has 29 heavy (non-hydrogen) atoms. The van der Waals surface area contributed by atoms with Gasteiger partial charge in [-0.3, -0.25) is 19.0 Å². The second-order valence-corrected chi connectivity index (χ2v) is 7.78. The van der Waals surface area contributed by atoms with Gasteiger partial charge >= 0.3 is 0 Å². The number of amides is 2. The van der Waals surface area contributed by atoms with Crippen LogP contribution in [0, 0.1) is 5.92 Å². The maximum Gasteiger partial charge on any atom is 0.241 e. The molecular formula is C19H28ClN7O2. The maximum atomic E-state index is 12.8. The topological polar surface area (TPSA) is 106 Å². The normalized spacial score (nSPS) is 21.7. The Balaban J connectivity index is 0.00000240. The lowest BCUT2D eigenvalue weighted by molar-refractivity contribution is -0.122. The maximum absolute atomic E-state index is 12.8. The summed E-state index contributed by atoms with van der Waals surface area (Å²) in [4.78, 5) is 24.9. The van der Waals surface area contributed by atoms with Crippen molar-refractivity contribution in [3.63, 3.8) is 0 Å². The lowest BCUT2D eigenvalue weighted by Crippen LogP contribution is -2.35. The number of rotatable bonds is 6. The molecular weight excluding hydrogens is 394 g/mol. The van der Waals surface area contributed by atoms with Gasteiger partial charge in [0.1, 0.15) is 6.54 Å². The van der Waals surface area contributed by atoms with Crippen LogP contribution in [0.1, 0.15) is 37.2 Å². The van der Waals surface area contributed by atoms with E-state index >= 15 is 0 Å². The van der Waals surface area contributed by atoms with Crippen LogP contribution in [0.5, 0.6) is 0 Å². The monoisotopic (exact) mass is 421 g/mol. The quantitative estimate of drug-likeness (QED) is 0.646. The van der Waals surface area contributed by atoms with E-state index in [-0.39, 0.29) is 42.6 Å². The summed E-state index contributed by atoms with van der Waals surface area (Å²) in [5.41, 5.74) is 1.67. The first kappa shape index (κ1) is 21.3. The van der Waals surface area contributed by atoms with Gasteiger partial charge in [-0.1, -0.05) is 12.8 Å². The molecule has 158 valence electrons. The van der Waals surface area contributed by atoms with E-state index in [0.717, 1.165) is 24.9 Å². The van der Waals surface area contributed by atoms with Crippen molar-refractivity contribution < 1.29 is 9.59 Å². The summed E-state index contributed by atoms with van der Waals surface area (Å²) in [6.07, 6.45) is 11.5. The molecule has 0 bridgehead atoms. The molecule has 2 amide bonds. The van der Waals surface area contributed by atoms with E-state index in [4.69, 9.17) is 0 Å². The van der Waals surface area contributed by atoms with Crippen molar-refractivity contribution in [1.29, 1.82) is 0 Å². The molecule has 2 aliphatic rings. The van der Waals surface area contributed by atoms with Crippen LogP contribution in [0.3, 0.4) is 0 Å². The number of aromatic nitrogens is 4. The first-order valence-electron chi connectivity index (χ1n) is 9.90. The minimum absolute atomic E-state index is 0. The smallest absolute Gasteiger partial charge is 0.241 e. The molecule has 3 heterocycles. The third-order valence-electron chi connectivity index (χ3n) is 5.63. The molecule has 1 saturated carbocycles. The Hall–Kier alpha value is -2.39. The zero-order valence-electron chi connectivity index (χ0n) is 16.5. The number of hydrogen-bond acceptors (Lipinski definition) is 5. The molecule has 2 fully saturated rings. The van der Waals surface area contributed by atoms with Crippen molar-refractivity contribution in [3.8, 4) is 0 Å². The van der Waals surface area contributed by atoms with E-state index in [1.54, 1.807) is 21.8 Å². The Kier molecular flexibility index (Phi) is 6.92. The molecule has 4 rings (SSSR count). The van der Waals surface area contributed by atoms with Crippen molar-refractivity contribution in [3.05, 3.63) is 30.4 Å². The van der Waals surface area contributed by atoms with Crippen molar-refractivity contribution in [2.45, 2.75) is 44.2 Å². The van der Waals surface area contributed by atoms with Gasteiger partial charge in [0.25, 0.3) is 0 Å². The molecule has 2 aromatic rings. The van der Waals surface area contributed by atoms with E-state index in [1.165, 1.54) is 12.8 Å². The lowest BCUT2D eigenvalue weighted by atomic mass is 9.90. The van der Waals surface area contributed by atoms with Gasteiger partial charge in [0.2, 0.25) is 11.8 Å². The van der Waals surface area contributed by atoms with Gasteiger partial charge in [-0.2, -0.15) is 10.2 Å². The number of aryl methyl sites for hydroxylation is 1.